The van der Waals surface area contributed by atoms with Crippen LogP contribution in [0.15, 0.2) is 29.3 Å². The van der Waals surface area contributed by atoms with Crippen LogP contribution in [0.1, 0.15) is 32.4 Å². The Hall–Kier alpha value is -1.70. The largest absolute Gasteiger partial charge is 0.374 e. The molecule has 3 rings (SSSR count). The zero-order valence-corrected chi connectivity index (χ0v) is 18.1. The van der Waals surface area contributed by atoms with Gasteiger partial charge in [0.1, 0.15) is 11.9 Å². The first-order chi connectivity index (χ1) is 13.9. The van der Waals surface area contributed by atoms with Crippen LogP contribution in [0.25, 0.3) is 0 Å². The summed E-state index contributed by atoms with van der Waals surface area (Å²) in [6.07, 6.45) is 0.112. The Morgan fingerprint density at radius 2 is 2.00 bits per heavy atom. The second kappa shape index (κ2) is 10.4. The van der Waals surface area contributed by atoms with Crippen LogP contribution < -0.4 is 5.32 Å². The minimum Gasteiger partial charge on any atom is -0.374 e. The molecule has 1 aromatic carbocycles. The Balaban J connectivity index is 1.56. The number of guanidine groups is 1. The van der Waals surface area contributed by atoms with Gasteiger partial charge in [-0.2, -0.15) is 0 Å². The van der Waals surface area contributed by atoms with Crippen molar-refractivity contribution in [1.82, 2.24) is 15.1 Å². The van der Waals surface area contributed by atoms with E-state index in [2.05, 4.69) is 40.9 Å². The quantitative estimate of drug-likeness (QED) is 0.602. The fraction of sp³-hybridized carbons (Fsp3) is 0.682. The lowest BCUT2D eigenvalue weighted by molar-refractivity contribution is -0.0611. The number of benzene rings is 1. The minimum atomic E-state index is -0.231. The molecule has 162 valence electrons. The number of hydrogen-bond acceptors (Lipinski definition) is 4. The normalized spacial score (nSPS) is 26.8. The van der Waals surface area contributed by atoms with Crippen LogP contribution in [-0.4, -0.2) is 80.9 Å². The Morgan fingerprint density at radius 1 is 1.24 bits per heavy atom. The van der Waals surface area contributed by atoms with Crippen molar-refractivity contribution in [3.8, 4) is 0 Å². The van der Waals surface area contributed by atoms with E-state index in [4.69, 9.17) is 9.47 Å². The standard InChI is InChI=1S/C22H35FN4O2/c1-16(2)12-26-9-10-28-20(14-26)11-25-22(24-4)27-13-17(3)29-21(15-27)18-5-7-19(23)8-6-18/h5-8,16-17,20-21H,9-15H2,1-4H3,(H,24,25). The van der Waals surface area contributed by atoms with Gasteiger partial charge in [0.05, 0.1) is 25.4 Å². The number of hydrogen-bond donors (Lipinski definition) is 1. The first-order valence-electron chi connectivity index (χ1n) is 10.6. The van der Waals surface area contributed by atoms with Crippen molar-refractivity contribution in [3.63, 3.8) is 0 Å². The number of halogens is 1. The molecule has 6 nitrogen and oxygen atoms in total. The molecule has 0 bridgehead atoms. The number of rotatable bonds is 5. The number of ether oxygens (including phenoxy) is 2. The molecule has 0 radical (unpaired) electrons. The van der Waals surface area contributed by atoms with Crippen molar-refractivity contribution in [2.45, 2.75) is 39.1 Å². The molecule has 0 aliphatic carbocycles. The molecule has 0 amide bonds. The van der Waals surface area contributed by atoms with Crippen LogP contribution in [0.3, 0.4) is 0 Å². The van der Waals surface area contributed by atoms with Gasteiger partial charge in [0.2, 0.25) is 0 Å². The van der Waals surface area contributed by atoms with Crippen molar-refractivity contribution in [1.29, 1.82) is 0 Å². The summed E-state index contributed by atoms with van der Waals surface area (Å²) in [6.45, 7) is 12.6. The summed E-state index contributed by atoms with van der Waals surface area (Å²) >= 11 is 0. The Kier molecular flexibility index (Phi) is 7.86. The van der Waals surface area contributed by atoms with Crippen molar-refractivity contribution >= 4 is 5.96 Å². The lowest BCUT2D eigenvalue weighted by atomic mass is 10.1. The SMILES string of the molecule is CN=C(NCC1CN(CC(C)C)CCO1)N1CC(C)OC(c2ccc(F)cc2)C1. The third kappa shape index (κ3) is 6.39. The van der Waals surface area contributed by atoms with Crippen molar-refractivity contribution < 1.29 is 13.9 Å². The third-order valence-corrected chi connectivity index (χ3v) is 5.35. The molecule has 3 atom stereocenters. The van der Waals surface area contributed by atoms with Crippen molar-refractivity contribution in [2.75, 3.05) is 52.9 Å². The average molecular weight is 407 g/mol. The molecule has 0 aromatic heterocycles. The fourth-order valence-electron chi connectivity index (χ4n) is 4.11. The Morgan fingerprint density at radius 3 is 2.69 bits per heavy atom. The highest BCUT2D eigenvalue weighted by atomic mass is 19.1. The lowest BCUT2D eigenvalue weighted by Gasteiger charge is -2.39. The molecule has 2 fully saturated rings. The first kappa shape index (κ1) is 22.0. The summed E-state index contributed by atoms with van der Waals surface area (Å²) in [5.41, 5.74) is 0.985. The summed E-state index contributed by atoms with van der Waals surface area (Å²) in [4.78, 5) is 9.18. The van der Waals surface area contributed by atoms with E-state index in [1.54, 1.807) is 12.1 Å². The summed E-state index contributed by atoms with van der Waals surface area (Å²) in [5.74, 6) is 1.29. The zero-order valence-electron chi connectivity index (χ0n) is 18.1. The predicted octanol–water partition coefficient (Wildman–Crippen LogP) is 2.52. The number of aliphatic imine (C=N–C) groups is 1. The zero-order chi connectivity index (χ0) is 20.8. The highest BCUT2D eigenvalue weighted by Crippen LogP contribution is 2.25. The van der Waals surface area contributed by atoms with Gasteiger partial charge in [0.25, 0.3) is 0 Å². The second-order valence-electron chi connectivity index (χ2n) is 8.47. The van der Waals surface area contributed by atoms with E-state index >= 15 is 0 Å². The molecule has 3 unspecified atom stereocenters. The Labute approximate surface area is 174 Å². The monoisotopic (exact) mass is 406 g/mol. The van der Waals surface area contributed by atoms with E-state index in [1.165, 1.54) is 12.1 Å². The highest BCUT2D eigenvalue weighted by molar-refractivity contribution is 5.80. The maximum absolute atomic E-state index is 13.3. The van der Waals surface area contributed by atoms with Gasteiger partial charge in [-0.3, -0.25) is 9.89 Å². The van der Waals surface area contributed by atoms with Crippen LogP contribution in [0.2, 0.25) is 0 Å². The van der Waals surface area contributed by atoms with Crippen LogP contribution in [-0.2, 0) is 9.47 Å². The van der Waals surface area contributed by atoms with E-state index in [0.717, 1.165) is 50.9 Å². The molecule has 1 aromatic rings. The topological polar surface area (TPSA) is 49.3 Å². The summed E-state index contributed by atoms with van der Waals surface area (Å²) < 4.78 is 25.3. The van der Waals surface area contributed by atoms with Gasteiger partial charge in [0.15, 0.2) is 5.96 Å². The molecule has 0 saturated carbocycles. The van der Waals surface area contributed by atoms with Crippen LogP contribution in [0, 0.1) is 11.7 Å². The van der Waals surface area contributed by atoms with Crippen LogP contribution in [0.5, 0.6) is 0 Å². The molecule has 1 N–H and O–H groups in total. The molecule has 2 aliphatic rings. The average Bonchev–Trinajstić information content (AvgIpc) is 2.68. The van der Waals surface area contributed by atoms with Crippen LogP contribution in [0.4, 0.5) is 4.39 Å². The summed E-state index contributed by atoms with van der Waals surface area (Å²) in [7, 11) is 1.81. The molecule has 7 heteroatoms. The fourth-order valence-corrected chi connectivity index (χ4v) is 4.11. The van der Waals surface area contributed by atoms with Gasteiger partial charge in [-0.25, -0.2) is 4.39 Å². The Bertz CT molecular complexity index is 667. The predicted molar refractivity (Wildman–Crippen MR) is 114 cm³/mol. The maximum Gasteiger partial charge on any atom is 0.193 e. The van der Waals surface area contributed by atoms with E-state index in [-0.39, 0.29) is 24.1 Å². The summed E-state index contributed by atoms with van der Waals surface area (Å²) in [5, 5.41) is 3.49. The smallest absolute Gasteiger partial charge is 0.193 e. The maximum atomic E-state index is 13.3. The van der Waals surface area contributed by atoms with Gasteiger partial charge >= 0.3 is 0 Å². The van der Waals surface area contributed by atoms with Crippen molar-refractivity contribution in [2.24, 2.45) is 10.9 Å². The molecule has 2 saturated heterocycles. The van der Waals surface area contributed by atoms with Crippen molar-refractivity contribution in [3.05, 3.63) is 35.6 Å². The molecule has 2 aliphatic heterocycles. The van der Waals surface area contributed by atoms with Gasteiger partial charge in [-0.15, -0.1) is 0 Å². The molecular formula is C22H35FN4O2. The van der Waals surface area contributed by atoms with Gasteiger partial charge in [-0.05, 0) is 30.5 Å². The number of nitrogens with zero attached hydrogens (tertiary/aromatic N) is 3. The van der Waals surface area contributed by atoms with E-state index in [0.29, 0.717) is 12.5 Å². The van der Waals surface area contributed by atoms with Gasteiger partial charge in [-0.1, -0.05) is 26.0 Å². The minimum absolute atomic E-state index is 0.0600. The number of nitrogens with one attached hydrogen (secondary N) is 1. The van der Waals surface area contributed by atoms with Gasteiger partial charge in [0, 0.05) is 39.8 Å². The second-order valence-corrected chi connectivity index (χ2v) is 8.47. The molecule has 0 spiro atoms. The van der Waals surface area contributed by atoms with E-state index in [9.17, 15) is 4.39 Å². The number of morpholine rings is 2. The van der Waals surface area contributed by atoms with E-state index in [1.807, 2.05) is 7.05 Å². The summed E-state index contributed by atoms with van der Waals surface area (Å²) in [6, 6.07) is 6.56. The molecule has 2 heterocycles. The highest BCUT2D eigenvalue weighted by Gasteiger charge is 2.29. The third-order valence-electron chi connectivity index (χ3n) is 5.35. The van der Waals surface area contributed by atoms with E-state index < -0.39 is 0 Å². The molecular weight excluding hydrogens is 371 g/mol. The van der Waals surface area contributed by atoms with Crippen LogP contribution >= 0.6 is 0 Å². The van der Waals surface area contributed by atoms with Gasteiger partial charge < -0.3 is 19.7 Å². The first-order valence-corrected chi connectivity index (χ1v) is 10.6. The molecule has 29 heavy (non-hydrogen) atoms. The lowest BCUT2D eigenvalue weighted by Crippen LogP contribution is -2.54.